The minimum absolute atomic E-state index is 0.157. The van der Waals surface area contributed by atoms with Gasteiger partial charge < -0.3 is 20.0 Å². The van der Waals surface area contributed by atoms with Gasteiger partial charge in [-0.05, 0) is 31.2 Å². The van der Waals surface area contributed by atoms with E-state index in [0.29, 0.717) is 32.4 Å². The van der Waals surface area contributed by atoms with Gasteiger partial charge in [0.1, 0.15) is 6.04 Å². The van der Waals surface area contributed by atoms with Crippen molar-refractivity contribution in [2.75, 3.05) is 19.7 Å². The number of likely N-dealkylation sites (tertiary alicyclic amines) is 1. The molecule has 0 saturated carbocycles. The Morgan fingerprint density at radius 1 is 1.35 bits per heavy atom. The van der Waals surface area contributed by atoms with Crippen LogP contribution in [-0.2, 0) is 20.8 Å². The molecule has 2 unspecified atom stereocenters. The summed E-state index contributed by atoms with van der Waals surface area (Å²) in [6.07, 6.45) is 5.16. The van der Waals surface area contributed by atoms with Crippen molar-refractivity contribution in [3.05, 3.63) is 48.6 Å². The van der Waals surface area contributed by atoms with Gasteiger partial charge in [-0.1, -0.05) is 49.8 Å². The largest absolute Gasteiger partial charge is 0.481 e. The number of unbranched alkanes of at least 4 members (excludes halogenated alkanes) is 1. The Bertz CT molecular complexity index is 940. The molecular weight excluding hydrogens is 452 g/mol. The summed E-state index contributed by atoms with van der Waals surface area (Å²) < 4.78 is -0.766. The molecule has 0 aliphatic carbocycles. The molecule has 6 atom stereocenters. The van der Waals surface area contributed by atoms with Crippen LogP contribution in [0.25, 0.3) is 0 Å². The lowest BCUT2D eigenvalue weighted by Crippen LogP contribution is -2.58. The Balaban J connectivity index is 1.76. The van der Waals surface area contributed by atoms with Crippen LogP contribution in [0.2, 0.25) is 0 Å². The molecule has 3 heterocycles. The van der Waals surface area contributed by atoms with E-state index in [2.05, 4.69) is 13.5 Å². The predicted molar refractivity (Wildman–Crippen MR) is 131 cm³/mol. The maximum Gasteiger partial charge on any atom is 0.308 e. The lowest BCUT2D eigenvalue weighted by atomic mass is 9.71. The van der Waals surface area contributed by atoms with Crippen molar-refractivity contribution < 1.29 is 24.6 Å². The molecule has 0 radical (unpaired) electrons. The van der Waals surface area contributed by atoms with E-state index in [9.17, 15) is 24.6 Å². The first-order valence-corrected chi connectivity index (χ1v) is 13.0. The molecule has 3 fully saturated rings. The Morgan fingerprint density at radius 3 is 2.71 bits per heavy atom. The van der Waals surface area contributed by atoms with E-state index >= 15 is 0 Å². The molecule has 1 aromatic rings. The summed E-state index contributed by atoms with van der Waals surface area (Å²) >= 11 is 1.53. The molecule has 2 amide bonds. The fourth-order valence-corrected chi connectivity index (χ4v) is 8.34. The first-order valence-electron chi connectivity index (χ1n) is 12.2. The Hall–Kier alpha value is -2.32. The summed E-state index contributed by atoms with van der Waals surface area (Å²) in [5.74, 6) is -2.97. The fourth-order valence-electron chi connectivity index (χ4n) is 6.15. The lowest BCUT2D eigenvalue weighted by Gasteiger charge is -2.39. The number of hydrogen-bond acceptors (Lipinski definition) is 5. The van der Waals surface area contributed by atoms with E-state index < -0.39 is 34.6 Å². The molecule has 0 aromatic heterocycles. The number of carboxylic acid groups (broad SMARTS) is 1. The van der Waals surface area contributed by atoms with Gasteiger partial charge in [-0.2, -0.15) is 0 Å². The van der Waals surface area contributed by atoms with Gasteiger partial charge in [-0.25, -0.2) is 0 Å². The average molecular weight is 487 g/mol. The number of benzene rings is 1. The second kappa shape index (κ2) is 10.1. The zero-order chi connectivity index (χ0) is 24.5. The number of thioether (sulfide) groups is 1. The zero-order valence-electron chi connectivity index (χ0n) is 19.6. The normalized spacial score (nSPS) is 30.3. The molecular formula is C26H34N2O5S. The summed E-state index contributed by atoms with van der Waals surface area (Å²) in [7, 11) is 0. The summed E-state index contributed by atoms with van der Waals surface area (Å²) in [6, 6.07) is 8.19. The van der Waals surface area contributed by atoms with E-state index in [1.54, 1.807) is 15.9 Å². The van der Waals surface area contributed by atoms with Crippen LogP contribution in [0.3, 0.4) is 0 Å². The monoisotopic (exact) mass is 486 g/mol. The summed E-state index contributed by atoms with van der Waals surface area (Å²) in [5.41, 5.74) is 0.954. The van der Waals surface area contributed by atoms with Gasteiger partial charge in [0, 0.05) is 18.3 Å². The topological polar surface area (TPSA) is 98.2 Å². The number of hydrogen-bond donors (Lipinski definition) is 2. The van der Waals surface area contributed by atoms with Crippen molar-refractivity contribution in [2.45, 2.75) is 61.1 Å². The zero-order valence-corrected chi connectivity index (χ0v) is 20.5. The van der Waals surface area contributed by atoms with E-state index in [1.165, 1.54) is 11.8 Å². The molecule has 184 valence electrons. The Kier molecular flexibility index (Phi) is 7.38. The maximum absolute atomic E-state index is 14.1. The highest BCUT2D eigenvalue weighted by Gasteiger charge is 2.74. The Labute approximate surface area is 205 Å². The fraction of sp³-hybridized carbons (Fsp3) is 0.577. The third-order valence-corrected chi connectivity index (χ3v) is 9.57. The number of carboxylic acids is 1. The molecule has 1 aromatic carbocycles. The van der Waals surface area contributed by atoms with Gasteiger partial charge >= 0.3 is 5.97 Å². The highest BCUT2D eigenvalue weighted by atomic mass is 32.2. The molecule has 3 aliphatic rings. The maximum atomic E-state index is 14.1. The average Bonchev–Trinajstić information content (AvgIpc) is 3.48. The van der Waals surface area contributed by atoms with Crippen molar-refractivity contribution in [3.8, 4) is 0 Å². The second-order valence-corrected chi connectivity index (χ2v) is 11.2. The lowest BCUT2D eigenvalue weighted by molar-refractivity contribution is -0.149. The minimum Gasteiger partial charge on any atom is -0.481 e. The van der Waals surface area contributed by atoms with Crippen LogP contribution in [0.1, 0.15) is 38.2 Å². The van der Waals surface area contributed by atoms with Crippen molar-refractivity contribution in [1.82, 2.24) is 9.80 Å². The van der Waals surface area contributed by atoms with Gasteiger partial charge in [0.15, 0.2) is 0 Å². The highest BCUT2D eigenvalue weighted by Crippen LogP contribution is 2.66. The van der Waals surface area contributed by atoms with Gasteiger partial charge in [-0.15, -0.1) is 18.3 Å². The minimum atomic E-state index is -0.969. The number of fused-ring (bicyclic) bond motifs is 1. The third-order valence-electron chi connectivity index (χ3n) is 7.62. The number of amides is 2. The van der Waals surface area contributed by atoms with E-state index in [4.69, 9.17) is 0 Å². The van der Waals surface area contributed by atoms with Gasteiger partial charge in [-0.3, -0.25) is 14.4 Å². The standard InChI is InChI=1S/C26H34N2O5S/c1-3-5-14-27(13-4-2)24(31)22-26-12-11-19(34-26)20(25(32)33)21(26)23(30)28(22)18(16-29)15-17-9-7-6-8-10-17/h4,6-10,18-22,29H,2-3,5,11-16H2,1H3,(H,32,33)/t18-,19-,20+,21+,22?,26?/m1/s1. The number of carbonyl (C=O) groups excluding carboxylic acids is 2. The molecule has 2 bridgehead atoms. The number of aliphatic hydroxyl groups excluding tert-OH is 1. The number of aliphatic hydroxyl groups is 1. The molecule has 3 saturated heterocycles. The molecule has 8 heteroatoms. The van der Waals surface area contributed by atoms with Crippen LogP contribution in [-0.4, -0.2) is 79.6 Å². The number of carbonyl (C=O) groups is 3. The molecule has 7 nitrogen and oxygen atoms in total. The number of rotatable bonds is 11. The SMILES string of the molecule is C=CCN(CCCC)C(=O)C1N([C@@H](CO)Cc2ccccc2)C(=O)[C@@H]2[C@@H](C(=O)O)[C@H]3CCC12S3. The van der Waals surface area contributed by atoms with E-state index in [-0.39, 0.29) is 23.7 Å². The Morgan fingerprint density at radius 2 is 2.09 bits per heavy atom. The van der Waals surface area contributed by atoms with Gasteiger partial charge in [0.05, 0.1) is 29.2 Å². The van der Waals surface area contributed by atoms with Crippen LogP contribution in [0.5, 0.6) is 0 Å². The molecule has 3 aliphatic heterocycles. The van der Waals surface area contributed by atoms with Gasteiger partial charge in [0.25, 0.3) is 0 Å². The van der Waals surface area contributed by atoms with Crippen molar-refractivity contribution in [1.29, 1.82) is 0 Å². The molecule has 1 spiro atoms. The molecule has 2 N–H and O–H groups in total. The predicted octanol–water partition coefficient (Wildman–Crippen LogP) is 2.58. The van der Waals surface area contributed by atoms with Crippen molar-refractivity contribution in [3.63, 3.8) is 0 Å². The van der Waals surface area contributed by atoms with Crippen LogP contribution < -0.4 is 0 Å². The number of nitrogens with zero attached hydrogens (tertiary/aromatic N) is 2. The van der Waals surface area contributed by atoms with Crippen molar-refractivity contribution in [2.24, 2.45) is 11.8 Å². The number of aliphatic carboxylic acids is 1. The quantitative estimate of drug-likeness (QED) is 0.467. The van der Waals surface area contributed by atoms with Crippen LogP contribution in [0.4, 0.5) is 0 Å². The summed E-state index contributed by atoms with van der Waals surface area (Å²) in [4.78, 5) is 43.6. The second-order valence-electron chi connectivity index (χ2n) is 9.59. The third kappa shape index (κ3) is 4.05. The van der Waals surface area contributed by atoms with Crippen LogP contribution in [0.15, 0.2) is 43.0 Å². The smallest absolute Gasteiger partial charge is 0.308 e. The summed E-state index contributed by atoms with van der Waals surface area (Å²) in [6.45, 7) is 6.50. The van der Waals surface area contributed by atoms with E-state index in [0.717, 1.165) is 18.4 Å². The van der Waals surface area contributed by atoms with Crippen LogP contribution >= 0.6 is 11.8 Å². The highest BCUT2D eigenvalue weighted by molar-refractivity contribution is 8.02. The molecule has 34 heavy (non-hydrogen) atoms. The molecule has 4 rings (SSSR count). The van der Waals surface area contributed by atoms with Gasteiger partial charge in [0.2, 0.25) is 11.8 Å². The first-order chi connectivity index (χ1) is 16.4. The first kappa shape index (κ1) is 24.8. The van der Waals surface area contributed by atoms with Crippen LogP contribution in [0, 0.1) is 11.8 Å². The summed E-state index contributed by atoms with van der Waals surface area (Å²) in [5, 5.41) is 20.2. The van der Waals surface area contributed by atoms with Crippen molar-refractivity contribution >= 4 is 29.5 Å². The van der Waals surface area contributed by atoms with E-state index in [1.807, 2.05) is 30.3 Å².